The first-order valence-electron chi connectivity index (χ1n) is 6.72. The Balaban J connectivity index is 1.66. The van der Waals surface area contributed by atoms with Crippen LogP contribution in [0.15, 0.2) is 12.3 Å². The Hall–Kier alpha value is -0.760. The molecule has 16 heavy (non-hydrogen) atoms. The van der Waals surface area contributed by atoms with Gasteiger partial charge in [0, 0.05) is 24.0 Å². The second-order valence-corrected chi connectivity index (χ2v) is 5.71. The monoisotopic (exact) mass is 218 g/mol. The molecule has 1 aliphatic heterocycles. The van der Waals surface area contributed by atoms with Gasteiger partial charge in [-0.25, -0.2) is 0 Å². The van der Waals surface area contributed by atoms with E-state index < -0.39 is 0 Å². The van der Waals surface area contributed by atoms with Crippen LogP contribution in [0.2, 0.25) is 0 Å². The van der Waals surface area contributed by atoms with Gasteiger partial charge < -0.3 is 10.3 Å². The van der Waals surface area contributed by atoms with E-state index in [-0.39, 0.29) is 5.54 Å². The standard InChI is InChI=1S/C14H22N2/c15-14(7-8-14)6-5-12-10-13-4-2-1-3-9-16(13)11-12/h10-11H,1-9,15H2. The number of aryl methyl sites for hydroxylation is 3. The highest BCUT2D eigenvalue weighted by Gasteiger charge is 2.37. The van der Waals surface area contributed by atoms with Crippen molar-refractivity contribution < 1.29 is 0 Å². The van der Waals surface area contributed by atoms with Crippen LogP contribution in [0.3, 0.4) is 0 Å². The van der Waals surface area contributed by atoms with Crippen molar-refractivity contribution in [2.75, 3.05) is 0 Å². The summed E-state index contributed by atoms with van der Waals surface area (Å²) < 4.78 is 2.47. The molecule has 1 aromatic heterocycles. The van der Waals surface area contributed by atoms with E-state index in [2.05, 4.69) is 16.8 Å². The summed E-state index contributed by atoms with van der Waals surface area (Å²) in [5, 5.41) is 0. The quantitative estimate of drug-likeness (QED) is 0.830. The van der Waals surface area contributed by atoms with Crippen LogP contribution < -0.4 is 5.73 Å². The van der Waals surface area contributed by atoms with Gasteiger partial charge >= 0.3 is 0 Å². The van der Waals surface area contributed by atoms with Gasteiger partial charge in [0.25, 0.3) is 0 Å². The van der Waals surface area contributed by atoms with E-state index in [0.29, 0.717) is 0 Å². The number of fused-ring (bicyclic) bond motifs is 1. The third kappa shape index (κ3) is 2.17. The fourth-order valence-electron chi connectivity index (χ4n) is 2.75. The van der Waals surface area contributed by atoms with Gasteiger partial charge in [-0.15, -0.1) is 0 Å². The Morgan fingerprint density at radius 1 is 1.25 bits per heavy atom. The van der Waals surface area contributed by atoms with Crippen molar-refractivity contribution in [3.63, 3.8) is 0 Å². The molecule has 0 radical (unpaired) electrons. The zero-order valence-electron chi connectivity index (χ0n) is 10.0. The molecule has 0 saturated heterocycles. The lowest BCUT2D eigenvalue weighted by molar-refractivity contribution is 0.604. The van der Waals surface area contributed by atoms with Crippen LogP contribution >= 0.6 is 0 Å². The van der Waals surface area contributed by atoms with Gasteiger partial charge in [-0.2, -0.15) is 0 Å². The van der Waals surface area contributed by atoms with E-state index >= 15 is 0 Å². The Labute approximate surface area is 97.8 Å². The lowest BCUT2D eigenvalue weighted by Crippen LogP contribution is -2.21. The van der Waals surface area contributed by atoms with Crippen molar-refractivity contribution in [2.45, 2.75) is 63.5 Å². The number of hydrogen-bond donors (Lipinski definition) is 1. The van der Waals surface area contributed by atoms with Crippen LogP contribution in [-0.2, 0) is 19.4 Å². The van der Waals surface area contributed by atoms with E-state index in [9.17, 15) is 0 Å². The second kappa shape index (κ2) is 3.92. The summed E-state index contributed by atoms with van der Waals surface area (Å²) in [6, 6.07) is 2.41. The van der Waals surface area contributed by atoms with Crippen molar-refractivity contribution in [3.8, 4) is 0 Å². The Bertz CT molecular complexity index is 351. The third-order valence-electron chi connectivity index (χ3n) is 4.18. The zero-order valence-corrected chi connectivity index (χ0v) is 10.0. The minimum Gasteiger partial charge on any atom is -0.351 e. The molecule has 1 aliphatic carbocycles. The molecule has 2 N–H and O–H groups in total. The van der Waals surface area contributed by atoms with Gasteiger partial charge in [-0.1, -0.05) is 6.42 Å². The molecule has 1 aromatic rings. The topological polar surface area (TPSA) is 30.9 Å². The predicted octanol–water partition coefficient (Wildman–Crippen LogP) is 2.64. The third-order valence-corrected chi connectivity index (χ3v) is 4.18. The summed E-state index contributed by atoms with van der Waals surface area (Å²) in [5.41, 5.74) is 9.40. The van der Waals surface area contributed by atoms with Gasteiger partial charge in [0.1, 0.15) is 0 Å². The average Bonchev–Trinajstić information content (AvgIpc) is 2.95. The fourth-order valence-corrected chi connectivity index (χ4v) is 2.75. The first-order chi connectivity index (χ1) is 7.75. The van der Waals surface area contributed by atoms with Crippen LogP contribution in [0.1, 0.15) is 49.8 Å². The maximum absolute atomic E-state index is 6.13. The van der Waals surface area contributed by atoms with Crippen LogP contribution in [-0.4, -0.2) is 10.1 Å². The molecule has 2 nitrogen and oxygen atoms in total. The molecule has 0 bridgehead atoms. The Kier molecular flexibility index (Phi) is 2.55. The van der Waals surface area contributed by atoms with Crippen LogP contribution in [0.5, 0.6) is 0 Å². The highest BCUT2D eigenvalue weighted by atomic mass is 15.0. The van der Waals surface area contributed by atoms with Crippen LogP contribution in [0.25, 0.3) is 0 Å². The van der Waals surface area contributed by atoms with E-state index in [0.717, 1.165) is 0 Å². The van der Waals surface area contributed by atoms with E-state index in [1.165, 1.54) is 63.5 Å². The van der Waals surface area contributed by atoms with Crippen molar-refractivity contribution >= 4 is 0 Å². The summed E-state index contributed by atoms with van der Waals surface area (Å²) >= 11 is 0. The van der Waals surface area contributed by atoms with Gasteiger partial charge in [0.2, 0.25) is 0 Å². The first-order valence-corrected chi connectivity index (χ1v) is 6.72. The first kappa shape index (κ1) is 10.4. The van der Waals surface area contributed by atoms with Gasteiger partial charge in [-0.05, 0) is 56.6 Å². The molecule has 2 heterocycles. The largest absolute Gasteiger partial charge is 0.351 e. The molecule has 0 atom stereocenters. The Morgan fingerprint density at radius 2 is 2.12 bits per heavy atom. The molecule has 1 saturated carbocycles. The zero-order chi connectivity index (χ0) is 11.0. The highest BCUT2D eigenvalue weighted by Crippen LogP contribution is 2.36. The number of rotatable bonds is 3. The molecule has 0 unspecified atom stereocenters. The molecule has 88 valence electrons. The van der Waals surface area contributed by atoms with Crippen molar-refractivity contribution in [2.24, 2.45) is 5.73 Å². The van der Waals surface area contributed by atoms with Crippen molar-refractivity contribution in [1.29, 1.82) is 0 Å². The predicted molar refractivity (Wildman–Crippen MR) is 66.5 cm³/mol. The van der Waals surface area contributed by atoms with E-state index in [4.69, 9.17) is 5.73 Å². The van der Waals surface area contributed by atoms with Crippen molar-refractivity contribution in [3.05, 3.63) is 23.5 Å². The summed E-state index contributed by atoms with van der Waals surface area (Å²) in [6.45, 7) is 1.23. The molecule has 2 aliphatic rings. The smallest absolute Gasteiger partial charge is 0.0222 e. The molecular formula is C14H22N2. The summed E-state index contributed by atoms with van der Waals surface area (Å²) in [7, 11) is 0. The van der Waals surface area contributed by atoms with Gasteiger partial charge in [0.15, 0.2) is 0 Å². The highest BCUT2D eigenvalue weighted by molar-refractivity contribution is 5.21. The summed E-state index contributed by atoms with van der Waals surface area (Å²) in [4.78, 5) is 0. The fraction of sp³-hybridized carbons (Fsp3) is 0.714. The normalized spacial score (nSPS) is 22.6. The molecular weight excluding hydrogens is 196 g/mol. The molecule has 1 fully saturated rings. The van der Waals surface area contributed by atoms with Gasteiger partial charge in [-0.3, -0.25) is 0 Å². The van der Waals surface area contributed by atoms with Crippen molar-refractivity contribution in [1.82, 2.24) is 4.57 Å². The minimum absolute atomic E-state index is 0.208. The average molecular weight is 218 g/mol. The molecule has 3 rings (SSSR count). The summed E-state index contributed by atoms with van der Waals surface area (Å²) in [6.07, 6.45) is 12.6. The molecule has 0 aromatic carbocycles. The number of hydrogen-bond acceptors (Lipinski definition) is 1. The maximum Gasteiger partial charge on any atom is 0.0222 e. The van der Waals surface area contributed by atoms with E-state index in [1.54, 1.807) is 5.69 Å². The number of nitrogens with zero attached hydrogens (tertiary/aromatic N) is 1. The Morgan fingerprint density at radius 3 is 2.94 bits per heavy atom. The SMILES string of the molecule is NC1(CCc2cc3n(c2)CCCCC3)CC1. The number of aromatic nitrogens is 1. The maximum atomic E-state index is 6.13. The van der Waals surface area contributed by atoms with Gasteiger partial charge in [0.05, 0.1) is 0 Å². The van der Waals surface area contributed by atoms with E-state index in [1.807, 2.05) is 0 Å². The van der Waals surface area contributed by atoms with Crippen LogP contribution in [0.4, 0.5) is 0 Å². The lowest BCUT2D eigenvalue weighted by atomic mass is 10.1. The van der Waals surface area contributed by atoms with Crippen LogP contribution in [0, 0.1) is 0 Å². The molecule has 0 amide bonds. The summed E-state index contributed by atoms with van der Waals surface area (Å²) in [5.74, 6) is 0. The number of nitrogens with two attached hydrogens (primary N) is 1. The lowest BCUT2D eigenvalue weighted by Gasteiger charge is -2.06. The minimum atomic E-state index is 0.208. The second-order valence-electron chi connectivity index (χ2n) is 5.71. The molecule has 2 heteroatoms. The molecule has 0 spiro atoms.